The number of alkyl halides is 1. The van der Waals surface area contributed by atoms with E-state index in [1.165, 1.54) is 11.0 Å². The normalized spacial score (nSPS) is 21.7. The third-order valence-corrected chi connectivity index (χ3v) is 7.75. The van der Waals surface area contributed by atoms with E-state index in [0.717, 1.165) is 17.0 Å². The number of carbonyl (C=O) groups is 3. The van der Waals surface area contributed by atoms with Gasteiger partial charge in [0.25, 0.3) is 5.91 Å². The predicted molar refractivity (Wildman–Crippen MR) is 150 cm³/mol. The maximum Gasteiger partial charge on any atom is 0.337 e. The number of benzene rings is 2. The maximum absolute atomic E-state index is 14.3. The quantitative estimate of drug-likeness (QED) is 0.363. The number of imide groups is 1. The number of imidazole rings is 1. The second-order valence-electron chi connectivity index (χ2n) is 10.8. The lowest BCUT2D eigenvalue weighted by Crippen LogP contribution is -2.40. The standard InChI is InChI=1S/C29H27F2N7O4/c1-15(2)25-28(40)37(20-9-16(30)8-18(11-20)33-3)29(41)38(25)24-14-35-6-7-42-23-12-19(4-5-21(23)27(35)34-24)36-13-17(31)10-22(36)26(32)39/h4-5,8-9,11-12,14-15,17,22,25H,6-7,10,13H2,1-2H3,(H2,32,39)/t17?,22-,25?/m0/s1. The summed E-state index contributed by atoms with van der Waals surface area (Å²) in [6, 6.07) is 6.21. The largest absolute Gasteiger partial charge is 0.491 e. The van der Waals surface area contributed by atoms with Gasteiger partial charge in [-0.25, -0.2) is 28.3 Å². The lowest BCUT2D eigenvalue weighted by atomic mass is 10.0. The van der Waals surface area contributed by atoms with Crippen LogP contribution in [0.1, 0.15) is 20.3 Å². The van der Waals surface area contributed by atoms with Gasteiger partial charge in [0.1, 0.15) is 42.3 Å². The van der Waals surface area contributed by atoms with Crippen molar-refractivity contribution in [3.63, 3.8) is 0 Å². The predicted octanol–water partition coefficient (Wildman–Crippen LogP) is 4.03. The highest BCUT2D eigenvalue weighted by molar-refractivity contribution is 6.28. The van der Waals surface area contributed by atoms with Gasteiger partial charge in [0, 0.05) is 30.1 Å². The maximum atomic E-state index is 14.3. The van der Waals surface area contributed by atoms with E-state index < -0.39 is 41.9 Å². The molecule has 0 spiro atoms. The van der Waals surface area contributed by atoms with Crippen LogP contribution in [0.4, 0.5) is 36.5 Å². The molecule has 42 heavy (non-hydrogen) atoms. The molecule has 0 aliphatic carbocycles. The van der Waals surface area contributed by atoms with Crippen LogP contribution >= 0.6 is 0 Å². The van der Waals surface area contributed by atoms with E-state index in [2.05, 4.69) is 4.85 Å². The van der Waals surface area contributed by atoms with Crippen molar-refractivity contribution in [2.45, 2.75) is 45.1 Å². The zero-order chi connectivity index (χ0) is 29.9. The fourth-order valence-corrected chi connectivity index (χ4v) is 5.87. The molecule has 6 rings (SSSR count). The minimum atomic E-state index is -1.18. The Bertz CT molecular complexity index is 1670. The van der Waals surface area contributed by atoms with Crippen molar-refractivity contribution in [2.75, 3.05) is 27.9 Å². The number of anilines is 3. The Morgan fingerprint density at radius 3 is 2.69 bits per heavy atom. The first kappa shape index (κ1) is 27.2. The summed E-state index contributed by atoms with van der Waals surface area (Å²) in [5.41, 5.74) is 6.65. The summed E-state index contributed by atoms with van der Waals surface area (Å²) in [4.78, 5) is 51.1. The Kier molecular flexibility index (Phi) is 6.56. The lowest BCUT2D eigenvalue weighted by Gasteiger charge is -2.25. The number of hydrogen-bond donors (Lipinski definition) is 1. The van der Waals surface area contributed by atoms with Gasteiger partial charge in [0.05, 0.1) is 25.2 Å². The fourth-order valence-electron chi connectivity index (χ4n) is 5.87. The summed E-state index contributed by atoms with van der Waals surface area (Å²) < 4.78 is 36.2. The molecule has 0 saturated carbocycles. The molecule has 2 unspecified atom stereocenters. The van der Waals surface area contributed by atoms with Crippen LogP contribution in [-0.2, 0) is 16.1 Å². The smallest absolute Gasteiger partial charge is 0.337 e. The summed E-state index contributed by atoms with van der Waals surface area (Å²) in [6.07, 6.45) is 0.504. The van der Waals surface area contributed by atoms with E-state index in [0.29, 0.717) is 29.4 Å². The molecule has 3 aliphatic rings. The van der Waals surface area contributed by atoms with Gasteiger partial charge >= 0.3 is 6.03 Å². The second kappa shape index (κ2) is 10.1. The second-order valence-corrected chi connectivity index (χ2v) is 10.8. The number of amides is 4. The number of rotatable bonds is 5. The van der Waals surface area contributed by atoms with Gasteiger partial charge in [-0.2, -0.15) is 0 Å². The van der Waals surface area contributed by atoms with E-state index >= 15 is 0 Å². The van der Waals surface area contributed by atoms with E-state index in [9.17, 15) is 23.2 Å². The van der Waals surface area contributed by atoms with Crippen molar-refractivity contribution >= 4 is 40.7 Å². The minimum absolute atomic E-state index is 0.0203. The Morgan fingerprint density at radius 1 is 1.19 bits per heavy atom. The van der Waals surface area contributed by atoms with E-state index in [1.54, 1.807) is 43.1 Å². The van der Waals surface area contributed by atoms with Crippen LogP contribution in [0.15, 0.2) is 42.6 Å². The molecule has 2 N–H and O–H groups in total. The van der Waals surface area contributed by atoms with Crippen LogP contribution in [0.5, 0.6) is 5.75 Å². The van der Waals surface area contributed by atoms with Gasteiger partial charge < -0.3 is 19.9 Å². The molecule has 11 nitrogen and oxygen atoms in total. The minimum Gasteiger partial charge on any atom is -0.491 e. The molecule has 216 valence electrons. The first-order chi connectivity index (χ1) is 20.1. The molecule has 3 aromatic rings. The van der Waals surface area contributed by atoms with Crippen molar-refractivity contribution in [3.8, 4) is 17.1 Å². The summed E-state index contributed by atoms with van der Waals surface area (Å²) in [5, 5.41) is 0. The van der Waals surface area contributed by atoms with E-state index in [4.69, 9.17) is 22.0 Å². The van der Waals surface area contributed by atoms with Gasteiger partial charge in [-0.1, -0.05) is 13.8 Å². The third kappa shape index (κ3) is 4.39. The zero-order valence-corrected chi connectivity index (χ0v) is 22.8. The van der Waals surface area contributed by atoms with Gasteiger partial charge in [-0.05, 0) is 36.2 Å². The average Bonchev–Trinajstić information content (AvgIpc) is 3.58. The van der Waals surface area contributed by atoms with E-state index in [-0.39, 0.29) is 42.7 Å². The Morgan fingerprint density at radius 2 is 1.98 bits per heavy atom. The van der Waals surface area contributed by atoms with Gasteiger partial charge in [0.15, 0.2) is 11.5 Å². The highest BCUT2D eigenvalue weighted by atomic mass is 19.1. The monoisotopic (exact) mass is 575 g/mol. The van der Waals surface area contributed by atoms with Crippen molar-refractivity contribution in [2.24, 2.45) is 11.7 Å². The molecule has 2 fully saturated rings. The average molecular weight is 576 g/mol. The molecule has 4 heterocycles. The van der Waals surface area contributed by atoms with Crippen LogP contribution in [0.25, 0.3) is 16.2 Å². The number of halogens is 2. The number of ether oxygens (including phenoxy) is 1. The first-order valence-corrected chi connectivity index (χ1v) is 13.5. The van der Waals surface area contributed by atoms with Gasteiger partial charge in [0.2, 0.25) is 5.91 Å². The van der Waals surface area contributed by atoms with Crippen molar-refractivity contribution in [1.82, 2.24) is 9.55 Å². The van der Waals surface area contributed by atoms with Crippen LogP contribution in [0.3, 0.4) is 0 Å². The SMILES string of the molecule is [C-]#[N+]c1cc(F)cc(N2C(=O)C(C(C)C)N(c3cn4c(n3)-c3ccc(N5CC(F)C[C@H]5C(N)=O)cc3OCC4)C2=O)c1. The fraction of sp³-hybridized carbons (Fsp3) is 0.345. The highest BCUT2D eigenvalue weighted by Gasteiger charge is 2.49. The first-order valence-electron chi connectivity index (χ1n) is 13.5. The third-order valence-electron chi connectivity index (χ3n) is 7.75. The number of nitrogens with two attached hydrogens (primary N) is 1. The zero-order valence-electron chi connectivity index (χ0n) is 22.8. The van der Waals surface area contributed by atoms with Crippen LogP contribution < -0.4 is 25.2 Å². The molecule has 4 amide bonds. The number of carbonyl (C=O) groups excluding carboxylic acids is 3. The van der Waals surface area contributed by atoms with Gasteiger partial charge in [-0.3, -0.25) is 14.5 Å². The summed E-state index contributed by atoms with van der Waals surface area (Å²) in [6.45, 7) is 11.5. The lowest BCUT2D eigenvalue weighted by molar-refractivity contribution is -0.119. The van der Waals surface area contributed by atoms with Crippen molar-refractivity contribution in [3.05, 3.63) is 59.8 Å². The molecule has 0 bridgehead atoms. The van der Waals surface area contributed by atoms with Crippen LogP contribution in [0.2, 0.25) is 0 Å². The number of hydrogen-bond acceptors (Lipinski definition) is 6. The van der Waals surface area contributed by atoms with Crippen molar-refractivity contribution < 1.29 is 27.9 Å². The molecule has 1 aromatic heterocycles. The van der Waals surface area contributed by atoms with Crippen LogP contribution in [-0.4, -0.2) is 58.8 Å². The number of primary amides is 1. The number of fused-ring (bicyclic) bond motifs is 3. The van der Waals surface area contributed by atoms with E-state index in [1.807, 2.05) is 4.57 Å². The topological polar surface area (TPSA) is 118 Å². The molecule has 2 saturated heterocycles. The van der Waals surface area contributed by atoms with Crippen LogP contribution in [0, 0.1) is 18.3 Å². The molecule has 13 heteroatoms. The highest BCUT2D eigenvalue weighted by Crippen LogP contribution is 2.40. The van der Waals surface area contributed by atoms with Gasteiger partial charge in [-0.15, -0.1) is 0 Å². The number of nitrogens with zero attached hydrogens (tertiary/aromatic N) is 6. The summed E-state index contributed by atoms with van der Waals surface area (Å²) in [7, 11) is 0. The molecular weight excluding hydrogens is 548 g/mol. The Balaban J connectivity index is 1.38. The molecule has 3 aliphatic heterocycles. The summed E-state index contributed by atoms with van der Waals surface area (Å²) in [5.74, 6) is -1.01. The number of urea groups is 1. The summed E-state index contributed by atoms with van der Waals surface area (Å²) >= 11 is 0. The Labute approximate surface area is 239 Å². The van der Waals surface area contributed by atoms with Crippen molar-refractivity contribution in [1.29, 1.82) is 0 Å². The molecular formula is C29H27F2N7O4. The Hall–Kier alpha value is -4.99. The molecule has 3 atom stereocenters. The molecule has 2 aromatic carbocycles. The molecule has 0 radical (unpaired) electrons. The number of aromatic nitrogens is 2.